The zero-order valence-electron chi connectivity index (χ0n) is 13.7. The van der Waals surface area contributed by atoms with Crippen molar-refractivity contribution in [3.8, 4) is 0 Å². The summed E-state index contributed by atoms with van der Waals surface area (Å²) in [5, 5.41) is 3.30. The monoisotopic (exact) mass is 285 g/mol. The topological polar surface area (TPSA) is 47.6 Å². The van der Waals surface area contributed by atoms with E-state index in [2.05, 4.69) is 12.2 Å². The Bertz CT molecular complexity index is 306. The average Bonchev–Trinajstić information content (AvgIpc) is 2.37. The maximum absolute atomic E-state index is 12.2. The van der Waals surface area contributed by atoms with Crippen LogP contribution in [0.3, 0.4) is 0 Å². The first kappa shape index (κ1) is 17.4. The summed E-state index contributed by atoms with van der Waals surface area (Å²) in [4.78, 5) is 12.2. The summed E-state index contributed by atoms with van der Waals surface area (Å²) in [6, 6.07) is 0.205. The van der Waals surface area contributed by atoms with Crippen LogP contribution in [-0.4, -0.2) is 36.9 Å². The van der Waals surface area contributed by atoms with Gasteiger partial charge in [-0.1, -0.05) is 19.8 Å². The highest BCUT2D eigenvalue weighted by Crippen LogP contribution is 2.27. The zero-order valence-corrected chi connectivity index (χ0v) is 13.7. The minimum Gasteiger partial charge on any atom is -0.465 e. The maximum atomic E-state index is 12.2. The Morgan fingerprint density at radius 2 is 2.00 bits per heavy atom. The maximum Gasteiger partial charge on any atom is 0.328 e. The van der Waals surface area contributed by atoms with E-state index in [9.17, 15) is 4.79 Å². The number of carbonyl (C=O) groups is 1. The number of hydrogen-bond acceptors (Lipinski definition) is 4. The van der Waals surface area contributed by atoms with E-state index >= 15 is 0 Å². The van der Waals surface area contributed by atoms with Gasteiger partial charge in [0.2, 0.25) is 0 Å². The van der Waals surface area contributed by atoms with E-state index in [0.29, 0.717) is 19.1 Å². The Morgan fingerprint density at radius 3 is 2.55 bits per heavy atom. The van der Waals surface area contributed by atoms with E-state index in [1.807, 2.05) is 27.7 Å². The van der Waals surface area contributed by atoms with Gasteiger partial charge in [0.1, 0.15) is 5.54 Å². The van der Waals surface area contributed by atoms with Crippen molar-refractivity contribution >= 4 is 5.97 Å². The largest absolute Gasteiger partial charge is 0.465 e. The van der Waals surface area contributed by atoms with E-state index < -0.39 is 5.54 Å². The van der Waals surface area contributed by atoms with Gasteiger partial charge in [0.15, 0.2) is 0 Å². The van der Waals surface area contributed by atoms with Gasteiger partial charge in [0, 0.05) is 6.04 Å². The lowest BCUT2D eigenvalue weighted by molar-refractivity contribution is -0.155. The van der Waals surface area contributed by atoms with Gasteiger partial charge in [-0.3, -0.25) is 5.32 Å². The van der Waals surface area contributed by atoms with Gasteiger partial charge >= 0.3 is 5.97 Å². The van der Waals surface area contributed by atoms with Crippen molar-refractivity contribution in [3.63, 3.8) is 0 Å². The summed E-state index contributed by atoms with van der Waals surface area (Å²) in [5.74, 6) is 0.353. The Labute approximate surface area is 123 Å². The van der Waals surface area contributed by atoms with E-state index in [1.54, 1.807) is 0 Å². The number of ether oxygens (including phenoxy) is 2. The molecule has 1 fully saturated rings. The summed E-state index contributed by atoms with van der Waals surface area (Å²) in [6.45, 7) is 10.8. The summed E-state index contributed by atoms with van der Waals surface area (Å²) >= 11 is 0. The molecule has 4 heteroatoms. The molecule has 0 amide bonds. The summed E-state index contributed by atoms with van der Waals surface area (Å²) in [6.07, 6.45) is 5.11. The van der Waals surface area contributed by atoms with Crippen LogP contribution in [0.25, 0.3) is 0 Å². The molecule has 118 valence electrons. The van der Waals surface area contributed by atoms with Crippen molar-refractivity contribution in [1.82, 2.24) is 5.32 Å². The van der Waals surface area contributed by atoms with Crippen LogP contribution in [0, 0.1) is 5.92 Å². The lowest BCUT2D eigenvalue weighted by Crippen LogP contribution is -2.57. The third kappa shape index (κ3) is 5.06. The van der Waals surface area contributed by atoms with Crippen LogP contribution in [0.2, 0.25) is 0 Å². The normalized spacial score (nSPS) is 26.3. The van der Waals surface area contributed by atoms with Crippen molar-refractivity contribution in [2.75, 3.05) is 13.2 Å². The molecule has 0 aromatic carbocycles. The third-order valence-corrected chi connectivity index (χ3v) is 3.95. The zero-order chi connectivity index (χ0) is 15.2. The SMILES string of the molecule is CCOC(=O)C(C)(COC1CCCCC1C)NC(C)C. The molecule has 0 aliphatic heterocycles. The van der Waals surface area contributed by atoms with E-state index in [0.717, 1.165) is 6.42 Å². The molecule has 3 atom stereocenters. The molecule has 20 heavy (non-hydrogen) atoms. The minimum atomic E-state index is -0.763. The molecule has 0 heterocycles. The van der Waals surface area contributed by atoms with Gasteiger partial charge in [-0.2, -0.15) is 0 Å². The smallest absolute Gasteiger partial charge is 0.328 e. The number of nitrogens with one attached hydrogen (secondary N) is 1. The lowest BCUT2D eigenvalue weighted by Gasteiger charge is -2.35. The molecule has 0 radical (unpaired) electrons. The van der Waals surface area contributed by atoms with E-state index in [4.69, 9.17) is 9.47 Å². The first-order valence-electron chi connectivity index (χ1n) is 7.95. The molecule has 1 aliphatic rings. The quantitative estimate of drug-likeness (QED) is 0.731. The summed E-state index contributed by atoms with van der Waals surface area (Å²) in [5.41, 5.74) is -0.763. The molecule has 0 aromatic heterocycles. The predicted molar refractivity (Wildman–Crippen MR) is 80.7 cm³/mol. The Balaban J connectivity index is 2.61. The molecule has 0 spiro atoms. The number of carbonyl (C=O) groups excluding carboxylic acids is 1. The summed E-state index contributed by atoms with van der Waals surface area (Å²) < 4.78 is 11.3. The molecule has 0 aromatic rings. The Hall–Kier alpha value is -0.610. The van der Waals surface area contributed by atoms with Gasteiger partial charge in [0.25, 0.3) is 0 Å². The second kappa shape index (κ2) is 7.99. The van der Waals surface area contributed by atoms with Crippen molar-refractivity contribution in [2.24, 2.45) is 5.92 Å². The van der Waals surface area contributed by atoms with Crippen LogP contribution in [0.4, 0.5) is 0 Å². The molecular weight excluding hydrogens is 254 g/mol. The second-order valence-electron chi connectivity index (χ2n) is 6.46. The molecule has 1 rings (SSSR count). The van der Waals surface area contributed by atoms with Crippen molar-refractivity contribution in [3.05, 3.63) is 0 Å². The fourth-order valence-electron chi connectivity index (χ4n) is 2.89. The Kier molecular flexibility index (Phi) is 6.96. The third-order valence-electron chi connectivity index (χ3n) is 3.95. The number of hydrogen-bond donors (Lipinski definition) is 1. The number of rotatable bonds is 7. The first-order valence-corrected chi connectivity index (χ1v) is 7.95. The second-order valence-corrected chi connectivity index (χ2v) is 6.46. The molecule has 4 nitrogen and oxygen atoms in total. The van der Waals surface area contributed by atoms with Gasteiger partial charge in [-0.25, -0.2) is 4.79 Å². The minimum absolute atomic E-state index is 0.205. The van der Waals surface area contributed by atoms with Gasteiger partial charge in [0.05, 0.1) is 19.3 Å². The molecule has 0 saturated heterocycles. The van der Waals surface area contributed by atoms with Crippen LogP contribution >= 0.6 is 0 Å². The molecule has 0 bridgehead atoms. The molecule has 3 unspecified atom stereocenters. The average molecular weight is 285 g/mol. The standard InChI is InChI=1S/C16H31NO3/c1-6-19-15(18)16(5,17-12(2)3)11-20-14-10-8-7-9-13(14)4/h12-14,17H,6-11H2,1-5H3. The number of esters is 1. The lowest BCUT2D eigenvalue weighted by atomic mass is 9.88. The first-order chi connectivity index (χ1) is 9.39. The Morgan fingerprint density at radius 1 is 1.35 bits per heavy atom. The highest BCUT2D eigenvalue weighted by atomic mass is 16.5. The van der Waals surface area contributed by atoms with Crippen LogP contribution in [0.15, 0.2) is 0 Å². The van der Waals surface area contributed by atoms with E-state index in [1.165, 1.54) is 19.3 Å². The predicted octanol–water partition coefficient (Wildman–Crippen LogP) is 2.90. The van der Waals surface area contributed by atoms with Crippen molar-refractivity contribution < 1.29 is 14.3 Å². The molecule has 1 N–H and O–H groups in total. The van der Waals surface area contributed by atoms with Gasteiger partial charge < -0.3 is 9.47 Å². The highest BCUT2D eigenvalue weighted by molar-refractivity contribution is 5.80. The van der Waals surface area contributed by atoms with Crippen molar-refractivity contribution in [1.29, 1.82) is 0 Å². The van der Waals surface area contributed by atoms with Gasteiger partial charge in [-0.05, 0) is 46.5 Å². The molecule has 1 aliphatic carbocycles. The highest BCUT2D eigenvalue weighted by Gasteiger charge is 2.37. The fourth-order valence-corrected chi connectivity index (χ4v) is 2.89. The van der Waals surface area contributed by atoms with Crippen LogP contribution in [-0.2, 0) is 14.3 Å². The molecular formula is C16H31NO3. The van der Waals surface area contributed by atoms with Crippen LogP contribution in [0.1, 0.15) is 60.3 Å². The van der Waals surface area contributed by atoms with Crippen LogP contribution < -0.4 is 5.32 Å². The fraction of sp³-hybridized carbons (Fsp3) is 0.938. The van der Waals surface area contributed by atoms with E-state index in [-0.39, 0.29) is 18.1 Å². The summed E-state index contributed by atoms with van der Waals surface area (Å²) in [7, 11) is 0. The van der Waals surface area contributed by atoms with Gasteiger partial charge in [-0.15, -0.1) is 0 Å². The van der Waals surface area contributed by atoms with Crippen molar-refractivity contribution in [2.45, 2.75) is 78.0 Å². The van der Waals surface area contributed by atoms with Crippen LogP contribution in [0.5, 0.6) is 0 Å². The molecule has 1 saturated carbocycles.